The quantitative estimate of drug-likeness (QED) is 0.241. The number of nitrogens with zero attached hydrogens (tertiary/aromatic N) is 2. The highest BCUT2D eigenvalue weighted by Crippen LogP contribution is 2.30. The monoisotopic (exact) mass is 502 g/mol. The smallest absolute Gasteiger partial charge is 0.410 e. The van der Waals surface area contributed by atoms with Crippen LogP contribution in [0, 0.1) is 0 Å². The van der Waals surface area contributed by atoms with Crippen molar-refractivity contribution in [3.8, 4) is 0 Å². The van der Waals surface area contributed by atoms with Crippen LogP contribution in [0.4, 0.5) is 13.2 Å². The number of amides is 4. The summed E-state index contributed by atoms with van der Waals surface area (Å²) in [6, 6.07) is 8.37. The fourth-order valence-corrected chi connectivity index (χ4v) is 4.19. The molecule has 2 aromatic rings. The van der Waals surface area contributed by atoms with Gasteiger partial charge >= 0.3 is 6.18 Å². The number of hydrogen-bond donors (Lipinski definition) is 3. The summed E-state index contributed by atoms with van der Waals surface area (Å²) < 4.78 is 38.1. The molecule has 1 atom stereocenters. The van der Waals surface area contributed by atoms with Crippen molar-refractivity contribution < 1.29 is 37.6 Å². The second-order valence-corrected chi connectivity index (χ2v) is 8.49. The molecule has 1 unspecified atom stereocenters. The highest BCUT2D eigenvalue weighted by atomic mass is 19.4. The molecule has 4 amide bonds. The molecule has 3 N–H and O–H groups in total. The minimum absolute atomic E-state index is 0.0325. The minimum Gasteiger partial charge on any atom is -0.410 e. The summed E-state index contributed by atoms with van der Waals surface area (Å²) in [6.07, 6.45) is -4.27. The summed E-state index contributed by atoms with van der Waals surface area (Å²) in [6.45, 7) is 0.213. The van der Waals surface area contributed by atoms with Crippen LogP contribution >= 0.6 is 0 Å². The number of fused-ring (bicyclic) bond motifs is 1. The van der Waals surface area contributed by atoms with Crippen molar-refractivity contribution in [3.05, 3.63) is 70.3 Å². The molecule has 2 aliphatic rings. The predicted molar refractivity (Wildman–Crippen MR) is 119 cm³/mol. The molecule has 0 spiro atoms. The van der Waals surface area contributed by atoms with Gasteiger partial charge in [0.25, 0.3) is 11.8 Å². The van der Waals surface area contributed by atoms with Crippen LogP contribution in [0.1, 0.15) is 45.5 Å². The van der Waals surface area contributed by atoms with Gasteiger partial charge in [-0.15, -0.1) is 0 Å². The molecule has 0 bridgehead atoms. The average molecular weight is 502 g/mol. The predicted octanol–water partition coefficient (Wildman–Crippen LogP) is 2.16. The van der Waals surface area contributed by atoms with Crippen molar-refractivity contribution in [1.29, 1.82) is 0 Å². The molecule has 0 aromatic heterocycles. The van der Waals surface area contributed by atoms with Crippen LogP contribution in [0.5, 0.6) is 0 Å². The van der Waals surface area contributed by atoms with Gasteiger partial charge in [-0.2, -0.15) is 13.2 Å². The van der Waals surface area contributed by atoms with E-state index >= 15 is 0 Å². The second-order valence-electron chi connectivity index (χ2n) is 8.49. The molecule has 0 radical (unpaired) electrons. The van der Waals surface area contributed by atoms with E-state index in [1.165, 1.54) is 17.0 Å². The zero-order chi connectivity index (χ0) is 26.0. The fraction of sp³-hybridized carbons (Fsp3) is 0.292. The van der Waals surface area contributed by atoms with E-state index in [4.69, 9.17) is 0 Å². The number of hydrogen-bond acceptors (Lipinski definition) is 6. The van der Waals surface area contributed by atoms with E-state index in [9.17, 15) is 37.6 Å². The minimum atomic E-state index is -4.48. The highest BCUT2D eigenvalue weighted by molar-refractivity contribution is 6.39. The van der Waals surface area contributed by atoms with Crippen molar-refractivity contribution >= 4 is 29.3 Å². The normalized spacial score (nSPS) is 18.2. The first-order valence-electron chi connectivity index (χ1n) is 11.0. The molecule has 36 heavy (non-hydrogen) atoms. The topological polar surface area (TPSA) is 128 Å². The molecule has 0 saturated carbocycles. The summed E-state index contributed by atoms with van der Waals surface area (Å²) in [5.41, 5.74) is 0.980. The Hall–Kier alpha value is -4.22. The summed E-state index contributed by atoms with van der Waals surface area (Å²) in [5.74, 6) is -1.91. The molecule has 12 heteroatoms. The Morgan fingerprint density at radius 1 is 1.11 bits per heavy atom. The van der Waals surface area contributed by atoms with E-state index in [2.05, 4.69) is 15.8 Å². The summed E-state index contributed by atoms with van der Waals surface area (Å²) >= 11 is 0. The molecule has 0 aliphatic carbocycles. The Morgan fingerprint density at radius 3 is 2.44 bits per heavy atom. The summed E-state index contributed by atoms with van der Waals surface area (Å²) in [5, 5.41) is 17.0. The third-order valence-corrected chi connectivity index (χ3v) is 6.08. The van der Waals surface area contributed by atoms with Gasteiger partial charge in [-0.3, -0.25) is 24.5 Å². The van der Waals surface area contributed by atoms with Gasteiger partial charge in [0.05, 0.1) is 5.56 Å². The van der Waals surface area contributed by atoms with Crippen LogP contribution in [-0.2, 0) is 40.1 Å². The first-order chi connectivity index (χ1) is 17.1. The van der Waals surface area contributed by atoms with Crippen LogP contribution in [0.15, 0.2) is 47.6 Å². The van der Waals surface area contributed by atoms with Crippen molar-refractivity contribution in [2.24, 2.45) is 5.16 Å². The third kappa shape index (κ3) is 5.21. The maximum atomic E-state index is 12.8. The summed E-state index contributed by atoms with van der Waals surface area (Å²) in [4.78, 5) is 50.2. The number of imide groups is 1. The van der Waals surface area contributed by atoms with E-state index in [-0.39, 0.29) is 49.9 Å². The van der Waals surface area contributed by atoms with Gasteiger partial charge in [0.15, 0.2) is 0 Å². The lowest BCUT2D eigenvalue weighted by Crippen LogP contribution is -2.52. The molecule has 2 heterocycles. The number of oxime groups is 1. The number of alkyl halides is 3. The molecule has 188 valence electrons. The van der Waals surface area contributed by atoms with Crippen LogP contribution in [0.25, 0.3) is 0 Å². The van der Waals surface area contributed by atoms with E-state index in [1.807, 2.05) is 0 Å². The number of nitrogens with one attached hydrogen (secondary N) is 2. The molecule has 2 aliphatic heterocycles. The molecule has 4 rings (SSSR count). The van der Waals surface area contributed by atoms with Gasteiger partial charge in [-0.05, 0) is 41.3 Å². The van der Waals surface area contributed by atoms with Crippen LogP contribution in [0.3, 0.4) is 0 Å². The van der Waals surface area contributed by atoms with Crippen molar-refractivity contribution in [2.75, 3.05) is 0 Å². The van der Waals surface area contributed by atoms with E-state index in [1.54, 1.807) is 18.2 Å². The second kappa shape index (κ2) is 9.80. The van der Waals surface area contributed by atoms with Crippen LogP contribution in [0.2, 0.25) is 0 Å². The maximum absolute atomic E-state index is 12.8. The number of carbonyl (C=O) groups excluding carboxylic acids is 4. The first-order valence-corrected chi connectivity index (χ1v) is 11.0. The Labute approximate surface area is 203 Å². The van der Waals surface area contributed by atoms with Gasteiger partial charge in [-0.25, -0.2) is 0 Å². The SMILES string of the molecule is O=C1CCC(N2Cc3cc(CNC(=O)/C(Cc4ccc(C(F)(F)F)cc4)=N/O)ccc3C2=O)C(=O)N1. The highest BCUT2D eigenvalue weighted by Gasteiger charge is 2.39. The maximum Gasteiger partial charge on any atom is 0.416 e. The Balaban J connectivity index is 1.37. The number of benzene rings is 2. The lowest BCUT2D eigenvalue weighted by molar-refractivity contribution is -0.138. The molecule has 1 fully saturated rings. The third-order valence-electron chi connectivity index (χ3n) is 6.08. The lowest BCUT2D eigenvalue weighted by Gasteiger charge is -2.29. The van der Waals surface area contributed by atoms with E-state index in [0.29, 0.717) is 22.3 Å². The zero-order valence-corrected chi connectivity index (χ0v) is 18.8. The van der Waals surface area contributed by atoms with Crippen LogP contribution < -0.4 is 10.6 Å². The largest absolute Gasteiger partial charge is 0.416 e. The average Bonchev–Trinajstić information content (AvgIpc) is 3.16. The Bertz CT molecular complexity index is 1260. The van der Waals surface area contributed by atoms with E-state index < -0.39 is 29.6 Å². The van der Waals surface area contributed by atoms with Gasteiger partial charge in [0.1, 0.15) is 11.8 Å². The zero-order valence-electron chi connectivity index (χ0n) is 18.8. The van der Waals surface area contributed by atoms with Crippen molar-refractivity contribution in [1.82, 2.24) is 15.5 Å². The molecular formula is C24H21F3N4O5. The number of carbonyl (C=O) groups is 4. The number of rotatable bonds is 6. The number of halogens is 3. The Kier molecular flexibility index (Phi) is 6.77. The fourth-order valence-electron chi connectivity index (χ4n) is 4.19. The van der Waals surface area contributed by atoms with Gasteiger partial charge in [0, 0.05) is 31.5 Å². The number of piperidine rings is 1. The first kappa shape index (κ1) is 24.9. The standard InChI is InChI=1S/C24H21F3N4O5/c25-24(26,27)16-4-1-13(2-5-16)10-18(30-36)21(33)28-11-14-3-6-17-15(9-14)12-31(23(17)35)19-7-8-20(32)29-22(19)34/h1-6,9,19,36H,7-8,10-12H2,(H,28,33)(H,29,32,34)/b30-18+. The molecule has 2 aromatic carbocycles. The Morgan fingerprint density at radius 2 is 1.81 bits per heavy atom. The van der Waals surface area contributed by atoms with Crippen LogP contribution in [-0.4, -0.2) is 45.5 Å². The van der Waals surface area contributed by atoms with Gasteiger partial charge in [-0.1, -0.05) is 29.4 Å². The van der Waals surface area contributed by atoms with Gasteiger partial charge < -0.3 is 15.4 Å². The molecule has 9 nitrogen and oxygen atoms in total. The molecular weight excluding hydrogens is 481 g/mol. The van der Waals surface area contributed by atoms with Gasteiger partial charge in [0.2, 0.25) is 11.8 Å². The van der Waals surface area contributed by atoms with Crippen molar-refractivity contribution in [3.63, 3.8) is 0 Å². The lowest BCUT2D eigenvalue weighted by atomic mass is 10.0. The van der Waals surface area contributed by atoms with Crippen molar-refractivity contribution in [2.45, 2.75) is 44.6 Å². The van der Waals surface area contributed by atoms with E-state index in [0.717, 1.165) is 12.1 Å². The molecule has 1 saturated heterocycles. The summed E-state index contributed by atoms with van der Waals surface area (Å²) in [7, 11) is 0.